The lowest BCUT2D eigenvalue weighted by Gasteiger charge is -2.26. The number of carbonyl (C=O) groups is 1. The van der Waals surface area contributed by atoms with Crippen molar-refractivity contribution >= 4 is 22.9 Å². The minimum atomic E-state index is -0.906. The van der Waals surface area contributed by atoms with Gasteiger partial charge in [0.05, 0.1) is 5.52 Å². The number of para-hydroxylation sites is 1. The molecule has 0 saturated heterocycles. The molecule has 1 fully saturated rings. The molecule has 0 radical (unpaired) electrons. The fraction of sp³-hybridized carbons (Fsp3) is 0.219. The summed E-state index contributed by atoms with van der Waals surface area (Å²) >= 11 is 0. The topological polar surface area (TPSA) is 74.9 Å². The summed E-state index contributed by atoms with van der Waals surface area (Å²) < 4.78 is 1.48. The average Bonchev–Trinajstić information content (AvgIpc) is 2.95. The monoisotopic (exact) mass is 487 g/mol. The van der Waals surface area contributed by atoms with Crippen LogP contribution in [0.2, 0.25) is 0 Å². The van der Waals surface area contributed by atoms with Crippen molar-refractivity contribution < 1.29 is 4.79 Å². The molecule has 3 aromatic carbocycles. The molecule has 1 aliphatic carbocycles. The average molecular weight is 488 g/mol. The quantitative estimate of drug-likeness (QED) is 0.350. The van der Waals surface area contributed by atoms with Crippen LogP contribution in [0, 0.1) is 11.3 Å². The van der Waals surface area contributed by atoms with Gasteiger partial charge >= 0.3 is 0 Å². The van der Waals surface area contributed by atoms with Crippen LogP contribution in [-0.4, -0.2) is 16.5 Å². The number of carbonyl (C=O) groups excluding carboxylic acids is 1. The largest absolute Gasteiger partial charge is 0.351 e. The van der Waals surface area contributed by atoms with Gasteiger partial charge in [0.1, 0.15) is 17.7 Å². The Morgan fingerprint density at radius 2 is 1.57 bits per heavy atom. The molecule has 5 nitrogen and oxygen atoms in total. The van der Waals surface area contributed by atoms with Gasteiger partial charge in [-0.3, -0.25) is 14.2 Å². The summed E-state index contributed by atoms with van der Waals surface area (Å²) in [5, 5.41) is 14.1. The van der Waals surface area contributed by atoms with Gasteiger partial charge < -0.3 is 5.32 Å². The number of nitrogens with zero attached hydrogens (tertiary/aromatic N) is 2. The lowest BCUT2D eigenvalue weighted by Crippen LogP contribution is -2.42. The summed E-state index contributed by atoms with van der Waals surface area (Å²) in [4.78, 5) is 27.8. The molecular weight excluding hydrogens is 458 g/mol. The third-order valence-corrected chi connectivity index (χ3v) is 7.06. The molecule has 1 heterocycles. The third kappa shape index (κ3) is 5.10. The molecule has 5 rings (SSSR count). The maximum Gasteiger partial charge on any atom is 0.270 e. The number of hydrogen-bond acceptors (Lipinski definition) is 3. The molecule has 1 unspecified atom stereocenters. The minimum absolute atomic E-state index is 0.0356. The highest BCUT2D eigenvalue weighted by molar-refractivity contribution is 5.98. The standard InChI is InChI=1S/C32H29N3O2/c33-22-27-30(24-14-6-2-7-15-24)26-18-10-11-19-28(26)35(32(27)37)29(21-20-23-12-4-1-5-13-23)31(36)34-25-16-8-3-9-17-25/h1-2,4-7,10-15,18-21,25,29H,3,8-9,16-17H2,(H,34,36)/b21-20+. The van der Waals surface area contributed by atoms with E-state index in [1.807, 2.05) is 91.0 Å². The molecule has 1 aromatic heterocycles. The fourth-order valence-electron chi connectivity index (χ4n) is 5.24. The van der Waals surface area contributed by atoms with Crippen molar-refractivity contribution in [1.82, 2.24) is 9.88 Å². The number of amides is 1. The van der Waals surface area contributed by atoms with E-state index in [1.54, 1.807) is 6.08 Å². The summed E-state index contributed by atoms with van der Waals surface area (Å²) in [5.41, 5.74) is 2.50. The van der Waals surface area contributed by atoms with Gasteiger partial charge in [0.2, 0.25) is 5.91 Å². The van der Waals surface area contributed by atoms with Crippen molar-refractivity contribution in [3.63, 3.8) is 0 Å². The Morgan fingerprint density at radius 1 is 0.919 bits per heavy atom. The molecule has 0 spiro atoms. The summed E-state index contributed by atoms with van der Waals surface area (Å²) in [5.74, 6) is -0.234. The van der Waals surface area contributed by atoms with Crippen molar-refractivity contribution in [2.75, 3.05) is 0 Å². The molecular formula is C32H29N3O2. The van der Waals surface area contributed by atoms with E-state index in [9.17, 15) is 14.9 Å². The predicted octanol–water partition coefficient (Wildman–Crippen LogP) is 6.24. The number of benzene rings is 3. The van der Waals surface area contributed by atoms with Crippen molar-refractivity contribution in [2.45, 2.75) is 44.2 Å². The van der Waals surface area contributed by atoms with Crippen LogP contribution in [0.5, 0.6) is 0 Å². The first kappa shape index (κ1) is 24.3. The second-order valence-corrected chi connectivity index (χ2v) is 9.48. The Kier molecular flexibility index (Phi) is 7.28. The van der Waals surface area contributed by atoms with E-state index < -0.39 is 11.6 Å². The molecule has 0 aliphatic heterocycles. The molecule has 1 saturated carbocycles. The maximum absolute atomic E-state index is 14.0. The summed E-state index contributed by atoms with van der Waals surface area (Å²) in [6.07, 6.45) is 8.86. The number of fused-ring (bicyclic) bond motifs is 1. The number of pyridine rings is 1. The fourth-order valence-corrected chi connectivity index (χ4v) is 5.24. The van der Waals surface area contributed by atoms with E-state index in [0.29, 0.717) is 11.1 Å². The first-order valence-electron chi connectivity index (χ1n) is 12.8. The molecule has 1 amide bonds. The molecule has 1 atom stereocenters. The summed E-state index contributed by atoms with van der Waals surface area (Å²) in [6, 6.07) is 28.0. The zero-order chi connectivity index (χ0) is 25.6. The Labute approximate surface area is 216 Å². The van der Waals surface area contributed by atoms with Crippen LogP contribution in [0.1, 0.15) is 49.3 Å². The van der Waals surface area contributed by atoms with E-state index in [0.717, 1.165) is 42.2 Å². The summed E-state index contributed by atoms with van der Waals surface area (Å²) in [7, 11) is 0. The van der Waals surface area contributed by atoms with Crippen LogP contribution < -0.4 is 10.9 Å². The van der Waals surface area contributed by atoms with Crippen molar-refractivity contribution in [2.24, 2.45) is 0 Å². The van der Waals surface area contributed by atoms with Crippen molar-refractivity contribution in [1.29, 1.82) is 5.26 Å². The predicted molar refractivity (Wildman–Crippen MR) is 148 cm³/mol. The van der Waals surface area contributed by atoms with Gasteiger partial charge in [-0.25, -0.2) is 0 Å². The second-order valence-electron chi connectivity index (χ2n) is 9.48. The van der Waals surface area contributed by atoms with Crippen molar-refractivity contribution in [3.8, 4) is 17.2 Å². The molecule has 37 heavy (non-hydrogen) atoms. The Balaban J connectivity index is 1.70. The first-order valence-corrected chi connectivity index (χ1v) is 12.8. The molecule has 1 N–H and O–H groups in total. The third-order valence-electron chi connectivity index (χ3n) is 7.06. The van der Waals surface area contributed by atoms with Gasteiger partial charge in [0, 0.05) is 17.0 Å². The van der Waals surface area contributed by atoms with Crippen LogP contribution in [0.3, 0.4) is 0 Å². The zero-order valence-corrected chi connectivity index (χ0v) is 20.6. The molecule has 4 aromatic rings. The van der Waals surface area contributed by atoms with Crippen LogP contribution in [0.25, 0.3) is 28.1 Å². The van der Waals surface area contributed by atoms with E-state index in [4.69, 9.17) is 0 Å². The minimum Gasteiger partial charge on any atom is -0.351 e. The van der Waals surface area contributed by atoms with Crippen LogP contribution >= 0.6 is 0 Å². The van der Waals surface area contributed by atoms with Crippen LogP contribution in [0.4, 0.5) is 0 Å². The number of nitriles is 1. The van der Waals surface area contributed by atoms with Gasteiger partial charge in [-0.2, -0.15) is 5.26 Å². The number of hydrogen-bond donors (Lipinski definition) is 1. The van der Waals surface area contributed by atoms with Crippen LogP contribution in [0.15, 0.2) is 95.8 Å². The van der Waals surface area contributed by atoms with Gasteiger partial charge in [0.15, 0.2) is 0 Å². The number of nitrogens with one attached hydrogen (secondary N) is 1. The van der Waals surface area contributed by atoms with E-state index in [2.05, 4.69) is 11.4 Å². The Morgan fingerprint density at radius 3 is 2.27 bits per heavy atom. The van der Waals surface area contributed by atoms with Gasteiger partial charge in [-0.05, 0) is 30.0 Å². The van der Waals surface area contributed by atoms with Crippen molar-refractivity contribution in [3.05, 3.63) is 112 Å². The highest BCUT2D eigenvalue weighted by atomic mass is 16.2. The van der Waals surface area contributed by atoms with Gasteiger partial charge in [0.25, 0.3) is 5.56 Å². The maximum atomic E-state index is 14.0. The molecule has 0 bridgehead atoms. The lowest BCUT2D eigenvalue weighted by molar-refractivity contribution is -0.123. The Hall–Kier alpha value is -4.43. The highest BCUT2D eigenvalue weighted by Crippen LogP contribution is 2.32. The van der Waals surface area contributed by atoms with E-state index >= 15 is 0 Å². The Bertz CT molecular complexity index is 1530. The number of rotatable bonds is 6. The molecule has 5 heteroatoms. The smallest absolute Gasteiger partial charge is 0.270 e. The number of aromatic nitrogens is 1. The molecule has 1 aliphatic rings. The van der Waals surface area contributed by atoms with Crippen LogP contribution in [-0.2, 0) is 4.79 Å². The highest BCUT2D eigenvalue weighted by Gasteiger charge is 2.27. The second kappa shape index (κ2) is 11.1. The summed E-state index contributed by atoms with van der Waals surface area (Å²) in [6.45, 7) is 0. The zero-order valence-electron chi connectivity index (χ0n) is 20.6. The SMILES string of the molecule is N#Cc1c(-c2ccccc2)c2ccccc2n(C(/C=C/c2ccccc2)C(=O)NC2CCCCC2)c1=O. The van der Waals surface area contributed by atoms with Gasteiger partial charge in [-0.1, -0.05) is 110 Å². The molecule has 184 valence electrons. The van der Waals surface area contributed by atoms with E-state index in [-0.39, 0.29) is 17.5 Å². The lowest BCUT2D eigenvalue weighted by atomic mass is 9.94. The van der Waals surface area contributed by atoms with E-state index in [1.165, 1.54) is 11.0 Å². The van der Waals surface area contributed by atoms with Gasteiger partial charge in [-0.15, -0.1) is 0 Å². The first-order chi connectivity index (χ1) is 18.2. The normalized spacial score (nSPS) is 14.9.